The van der Waals surface area contributed by atoms with Crippen molar-refractivity contribution < 1.29 is 53.6 Å². The molecule has 1 aromatic carbocycles. The molecule has 5 atom stereocenters. The van der Waals surface area contributed by atoms with Gasteiger partial charge in [-0.3, -0.25) is 33.8 Å². The first-order chi connectivity index (χ1) is 26.8. The Kier molecular flexibility index (Phi) is 16.0. The third-order valence-electron chi connectivity index (χ3n) is 10.8. The number of aromatic hydroxyl groups is 1. The zero-order valence-corrected chi connectivity index (χ0v) is 33.4. The fraction of sp³-hybridized carbons (Fsp3) is 0.595. The highest BCUT2D eigenvalue weighted by atomic mass is 16.5. The summed E-state index contributed by atoms with van der Waals surface area (Å²) in [5, 5.41) is 38.8. The van der Waals surface area contributed by atoms with Gasteiger partial charge in [0.05, 0.1) is 32.1 Å². The van der Waals surface area contributed by atoms with E-state index in [9.17, 15) is 39.0 Å². The van der Waals surface area contributed by atoms with Crippen LogP contribution in [0, 0.1) is 0 Å². The standard InChI is InChI=1S/C19H25NO4.C18H32N8O7/c1-20-9-8-18-11-13(23-2)6-7-19(18,22)15(20)10-12-4-5-14(24-3)17(21)16(12)18;1-11(28)22-8-14(29)24-12(5-4-6-21-18(19)20)16(32)23-7-13(26(3)10-27)17(33)25(2)9-15(30)31/h4-6,15,21-22H,7-11H2,1-3H3;10,12-13H,4-9H2,1-3H3,(H,22,28)(H,23,32)(H,24,29)(H,30,31)(H4,19,20,21). The van der Waals surface area contributed by atoms with Crippen LogP contribution in [-0.4, -0.2) is 164 Å². The molecule has 1 heterocycles. The molecule has 5 unspecified atom stereocenters. The Morgan fingerprint density at radius 2 is 1.84 bits per heavy atom. The summed E-state index contributed by atoms with van der Waals surface area (Å²) in [6.45, 7) is 1.05. The molecule has 4 rings (SSSR count). The first-order valence-corrected chi connectivity index (χ1v) is 18.4. The van der Waals surface area contributed by atoms with Crippen LogP contribution in [0.25, 0.3) is 0 Å². The number of piperidine rings is 1. The minimum atomic E-state index is -1.25. The third-order valence-corrected chi connectivity index (χ3v) is 10.8. The quantitative estimate of drug-likeness (QED) is 0.0357. The summed E-state index contributed by atoms with van der Waals surface area (Å²) >= 11 is 0. The first-order valence-electron chi connectivity index (χ1n) is 18.4. The molecule has 3 aliphatic rings. The van der Waals surface area contributed by atoms with Crippen molar-refractivity contribution in [2.75, 3.05) is 68.1 Å². The lowest BCUT2D eigenvalue weighted by Crippen LogP contribution is -2.71. The lowest BCUT2D eigenvalue weighted by Gasteiger charge is -2.62. The summed E-state index contributed by atoms with van der Waals surface area (Å²) < 4.78 is 10.9. The van der Waals surface area contributed by atoms with Crippen LogP contribution in [0.15, 0.2) is 29.0 Å². The largest absolute Gasteiger partial charge is 0.504 e. The number of ether oxygens (including phenoxy) is 2. The van der Waals surface area contributed by atoms with E-state index in [1.54, 1.807) is 14.2 Å². The molecule has 0 spiro atoms. The second-order valence-corrected chi connectivity index (χ2v) is 14.5. The monoisotopic (exact) mass is 803 g/mol. The van der Waals surface area contributed by atoms with E-state index in [4.69, 9.17) is 26.0 Å². The van der Waals surface area contributed by atoms with Crippen LogP contribution in [0.4, 0.5) is 0 Å². The van der Waals surface area contributed by atoms with Crippen molar-refractivity contribution in [1.29, 1.82) is 0 Å². The summed E-state index contributed by atoms with van der Waals surface area (Å²) in [5.74, 6) is -2.25. The second-order valence-electron chi connectivity index (χ2n) is 14.5. The Bertz CT molecular complexity index is 1720. The van der Waals surface area contributed by atoms with Crippen molar-refractivity contribution in [3.8, 4) is 11.5 Å². The fourth-order valence-electron chi connectivity index (χ4n) is 7.79. The maximum Gasteiger partial charge on any atom is 0.323 e. The molecular formula is C37H57N9O11. The van der Waals surface area contributed by atoms with Crippen LogP contribution in [0.3, 0.4) is 0 Å². The number of nitrogens with two attached hydrogens (primary N) is 2. The predicted octanol–water partition coefficient (Wildman–Crippen LogP) is -2.27. The van der Waals surface area contributed by atoms with Crippen LogP contribution in [0.2, 0.25) is 0 Å². The number of allylic oxidation sites excluding steroid dienone is 1. The van der Waals surface area contributed by atoms with Gasteiger partial charge >= 0.3 is 5.97 Å². The number of phenolic OH excluding ortho intramolecular Hbond substituents is 1. The van der Waals surface area contributed by atoms with Gasteiger partial charge in [0.1, 0.15) is 18.6 Å². The Hall–Kier alpha value is -5.63. The molecule has 1 aliphatic heterocycles. The minimum Gasteiger partial charge on any atom is -0.504 e. The number of nitrogens with one attached hydrogen (secondary N) is 3. The van der Waals surface area contributed by atoms with E-state index in [2.05, 4.69) is 32.9 Å². The first kappa shape index (κ1) is 45.8. The number of likely N-dealkylation sites (N-methyl/N-ethyl adjacent to an activating group) is 3. The van der Waals surface area contributed by atoms with Crippen LogP contribution < -0.4 is 32.2 Å². The fourth-order valence-corrected chi connectivity index (χ4v) is 7.79. The van der Waals surface area contributed by atoms with Crippen LogP contribution in [-0.2, 0) is 45.3 Å². The summed E-state index contributed by atoms with van der Waals surface area (Å²) in [6, 6.07) is 1.68. The van der Waals surface area contributed by atoms with Gasteiger partial charge in [-0.15, -0.1) is 0 Å². The van der Waals surface area contributed by atoms with Gasteiger partial charge in [0.15, 0.2) is 17.5 Å². The number of aliphatic hydroxyl groups is 1. The lowest BCUT2D eigenvalue weighted by molar-refractivity contribution is -0.147. The van der Waals surface area contributed by atoms with Crippen molar-refractivity contribution in [3.05, 3.63) is 35.1 Å². The van der Waals surface area contributed by atoms with E-state index in [0.29, 0.717) is 31.4 Å². The Labute approximate surface area is 331 Å². The SMILES string of the molecule is CC(=O)NCC(=O)NC(CCCN=C(N)N)C(=O)NCC(C(=O)N(C)CC(=O)O)N(C)C=O.COC1=CCC2(O)C3Cc4ccc(OC)c(O)c4C2(CCN3C)C1. The molecule has 0 aromatic heterocycles. The number of aliphatic imine (C=N–C) groups is 1. The highest BCUT2D eigenvalue weighted by molar-refractivity contribution is 5.91. The number of carbonyl (C=O) groups excluding carboxylic acids is 5. The minimum absolute atomic E-state index is 0.0428. The van der Waals surface area contributed by atoms with Crippen molar-refractivity contribution in [2.24, 2.45) is 16.5 Å². The predicted molar refractivity (Wildman–Crippen MR) is 207 cm³/mol. The average Bonchev–Trinajstić information content (AvgIpc) is 3.16. The maximum atomic E-state index is 12.7. The van der Waals surface area contributed by atoms with E-state index in [-0.39, 0.29) is 43.8 Å². The zero-order chi connectivity index (χ0) is 42.7. The topological polar surface area (TPSA) is 292 Å². The number of carboxylic acid groups (broad SMARTS) is 1. The number of hydrogen-bond acceptors (Lipinski definition) is 12. The molecule has 2 bridgehead atoms. The van der Waals surface area contributed by atoms with Crippen LogP contribution in [0.1, 0.15) is 50.2 Å². The Morgan fingerprint density at radius 3 is 2.44 bits per heavy atom. The van der Waals surface area contributed by atoms with Gasteiger partial charge in [0, 0.05) is 64.0 Å². The molecule has 1 fully saturated rings. The van der Waals surface area contributed by atoms with Gasteiger partial charge in [-0.25, -0.2) is 0 Å². The normalized spacial score (nSPS) is 21.5. The highest BCUT2D eigenvalue weighted by Gasteiger charge is 2.64. The number of benzene rings is 1. The van der Waals surface area contributed by atoms with Crippen LogP contribution >= 0.6 is 0 Å². The van der Waals surface area contributed by atoms with E-state index in [1.165, 1.54) is 21.0 Å². The Morgan fingerprint density at radius 1 is 1.14 bits per heavy atom. The number of nitrogens with zero attached hydrogens (tertiary/aromatic N) is 4. The number of aliphatic carboxylic acids is 1. The number of amides is 5. The number of rotatable bonds is 17. The number of likely N-dealkylation sites (tertiary alicyclic amines) is 1. The molecule has 1 saturated heterocycles. The van der Waals surface area contributed by atoms with Crippen molar-refractivity contribution >= 4 is 42.0 Å². The maximum absolute atomic E-state index is 12.7. The molecule has 2 aliphatic carbocycles. The van der Waals surface area contributed by atoms with Gasteiger partial charge < -0.3 is 66.9 Å². The number of carbonyl (C=O) groups is 6. The number of hydrogen-bond donors (Lipinski definition) is 8. The van der Waals surface area contributed by atoms with Gasteiger partial charge in [-0.1, -0.05) is 6.07 Å². The van der Waals surface area contributed by atoms with Gasteiger partial charge in [0.2, 0.25) is 30.0 Å². The summed E-state index contributed by atoms with van der Waals surface area (Å²) in [7, 11) is 7.87. The lowest BCUT2D eigenvalue weighted by atomic mass is 9.50. The summed E-state index contributed by atoms with van der Waals surface area (Å²) in [5.41, 5.74) is 11.0. The number of guanidine groups is 1. The zero-order valence-electron chi connectivity index (χ0n) is 33.4. The van der Waals surface area contributed by atoms with Gasteiger partial charge in [-0.2, -0.15) is 0 Å². The molecule has 20 nitrogen and oxygen atoms in total. The molecule has 0 saturated carbocycles. The summed E-state index contributed by atoms with van der Waals surface area (Å²) in [6.07, 6.45) is 5.50. The van der Waals surface area contributed by atoms with E-state index < -0.39 is 59.2 Å². The highest BCUT2D eigenvalue weighted by Crippen LogP contribution is 2.60. The summed E-state index contributed by atoms with van der Waals surface area (Å²) in [4.78, 5) is 78.3. The molecule has 0 radical (unpaired) electrons. The van der Waals surface area contributed by atoms with Crippen molar-refractivity contribution in [3.63, 3.8) is 0 Å². The molecule has 1 aromatic rings. The number of fused-ring (bicyclic) bond motifs is 1. The molecule has 57 heavy (non-hydrogen) atoms. The molecule has 316 valence electrons. The van der Waals surface area contributed by atoms with Crippen molar-refractivity contribution in [1.82, 2.24) is 30.7 Å². The number of phenols is 1. The third kappa shape index (κ3) is 10.8. The second kappa shape index (κ2) is 20.0. The molecular weight excluding hydrogens is 746 g/mol. The van der Waals surface area contributed by atoms with Crippen LogP contribution in [0.5, 0.6) is 11.5 Å². The number of carboxylic acids is 1. The van der Waals surface area contributed by atoms with Crippen molar-refractivity contribution in [2.45, 2.75) is 74.6 Å². The van der Waals surface area contributed by atoms with E-state index in [1.807, 2.05) is 18.2 Å². The molecule has 10 N–H and O–H groups in total. The Balaban J connectivity index is 0.000000317. The van der Waals surface area contributed by atoms with Gasteiger partial charge in [-0.05, 0) is 57.0 Å². The smallest absolute Gasteiger partial charge is 0.323 e. The molecule has 5 amide bonds. The van der Waals surface area contributed by atoms with E-state index >= 15 is 0 Å². The van der Waals surface area contributed by atoms with Gasteiger partial charge in [0.25, 0.3) is 0 Å². The van der Waals surface area contributed by atoms with E-state index in [0.717, 1.165) is 46.1 Å². The number of methoxy groups -OCH3 is 2. The average molecular weight is 804 g/mol. The molecule has 20 heteroatoms.